The molecule has 2 amide bonds. The van der Waals surface area contributed by atoms with Gasteiger partial charge in [-0.1, -0.05) is 53.5 Å². The Bertz CT molecular complexity index is 3730. The summed E-state index contributed by atoms with van der Waals surface area (Å²) in [4.78, 5) is 67.1. The number of nitrogens with zero attached hydrogens (tertiary/aromatic N) is 2. The first-order valence-corrected chi connectivity index (χ1v) is 22.4. The third kappa shape index (κ3) is 8.54. The fourth-order valence-corrected chi connectivity index (χ4v) is 9.19. The van der Waals surface area contributed by atoms with Crippen LogP contribution in [0.3, 0.4) is 0 Å². The van der Waals surface area contributed by atoms with Crippen LogP contribution in [0.4, 0.5) is 5.69 Å². The topological polar surface area (TPSA) is 203 Å². The summed E-state index contributed by atoms with van der Waals surface area (Å²) in [5.41, 5.74) is 4.12. The first-order chi connectivity index (χ1) is 33.5. The molecule has 2 aliphatic heterocycles. The summed E-state index contributed by atoms with van der Waals surface area (Å²) in [6, 6.07) is 32.4. The van der Waals surface area contributed by atoms with Crippen LogP contribution in [0.1, 0.15) is 52.6 Å². The number of carbonyl (C=O) groups is 4. The standard InChI is InChI=1S/C54H40Cl2N4O10/c1-59(2)29-13-16-35-42(21-29)69-43-22-30(60(3)4)14-17-36(43)46(35)47-40(55)24-38(49(56)48(47)54(67)68)52(64)57-25-27-9-11-28(12-10-27)51(63)58-26-39-41(62)20-19-37-45(32-7-5-6-8-33(32)53(65)66)34-18-15-31(61)23-44(34)70-50(37)39/h5-24H,25-26H2,1-4H3,(H4-,57,58,61,62,63,64,65,66,67,68)/p+1. The summed E-state index contributed by atoms with van der Waals surface area (Å²) < 4.78 is 14.5. The number of hydrogen-bond acceptors (Lipinski definition) is 9. The molecule has 5 N–H and O–H groups in total. The van der Waals surface area contributed by atoms with Crippen LogP contribution < -0.4 is 30.9 Å². The Hall–Kier alpha value is -8.46. The highest BCUT2D eigenvalue weighted by atomic mass is 35.5. The van der Waals surface area contributed by atoms with Crippen LogP contribution in [0.5, 0.6) is 5.75 Å². The molecule has 0 saturated heterocycles. The second-order valence-corrected chi connectivity index (χ2v) is 17.7. The molecular weight excluding hydrogens is 936 g/mol. The molecule has 350 valence electrons. The average molecular weight is 977 g/mol. The minimum absolute atomic E-state index is 0.0181. The quantitative estimate of drug-likeness (QED) is 0.0610. The maximum Gasteiger partial charge on any atom is 0.337 e. The average Bonchev–Trinajstić information content (AvgIpc) is 3.33. The third-order valence-corrected chi connectivity index (χ3v) is 12.8. The number of carbonyl (C=O) groups excluding carboxylic acids is 2. The molecule has 16 heteroatoms. The first kappa shape index (κ1) is 46.6. The van der Waals surface area contributed by atoms with Crippen molar-refractivity contribution in [1.29, 1.82) is 0 Å². The number of benzene rings is 7. The molecule has 4 aliphatic rings. The highest BCUT2D eigenvalue weighted by Crippen LogP contribution is 2.47. The van der Waals surface area contributed by atoms with Gasteiger partial charge in [-0.05, 0) is 77.9 Å². The molecule has 0 spiro atoms. The zero-order valence-corrected chi connectivity index (χ0v) is 39.3. The van der Waals surface area contributed by atoms with Crippen molar-refractivity contribution in [3.63, 3.8) is 0 Å². The van der Waals surface area contributed by atoms with Crippen molar-refractivity contribution in [3.05, 3.63) is 180 Å². The number of fused-ring (bicyclic) bond motifs is 4. The van der Waals surface area contributed by atoms with E-state index in [1.54, 1.807) is 54.6 Å². The minimum Gasteiger partial charge on any atom is -0.507 e. The summed E-state index contributed by atoms with van der Waals surface area (Å²) in [5.74, 6) is -3.34. The molecule has 2 aliphatic carbocycles. The van der Waals surface area contributed by atoms with Crippen LogP contribution in [-0.4, -0.2) is 67.3 Å². The van der Waals surface area contributed by atoms with Gasteiger partial charge in [0.2, 0.25) is 5.36 Å². The smallest absolute Gasteiger partial charge is 0.337 e. The number of aromatic hydroxyl groups is 1. The summed E-state index contributed by atoms with van der Waals surface area (Å²) in [7, 11) is 7.57. The molecule has 0 fully saturated rings. The van der Waals surface area contributed by atoms with Gasteiger partial charge < -0.3 is 39.7 Å². The van der Waals surface area contributed by atoms with Crippen molar-refractivity contribution in [2.75, 3.05) is 33.1 Å². The Morgan fingerprint density at radius 1 is 0.657 bits per heavy atom. The van der Waals surface area contributed by atoms with Crippen LogP contribution in [0.15, 0.2) is 135 Å². The first-order valence-electron chi connectivity index (χ1n) is 21.6. The Labute approximate surface area is 408 Å². The van der Waals surface area contributed by atoms with Crippen molar-refractivity contribution in [2.45, 2.75) is 13.1 Å². The monoisotopic (exact) mass is 975 g/mol. The van der Waals surface area contributed by atoms with Crippen LogP contribution in [-0.2, 0) is 13.1 Å². The predicted molar refractivity (Wildman–Crippen MR) is 269 cm³/mol. The minimum atomic E-state index is -1.40. The number of aromatic carboxylic acids is 2. The second kappa shape index (κ2) is 18.6. The highest BCUT2D eigenvalue weighted by Gasteiger charge is 2.30. The number of anilines is 1. The molecule has 2 heterocycles. The van der Waals surface area contributed by atoms with Gasteiger partial charge in [0.05, 0.1) is 44.9 Å². The Morgan fingerprint density at radius 2 is 1.34 bits per heavy atom. The highest BCUT2D eigenvalue weighted by molar-refractivity contribution is 6.41. The lowest BCUT2D eigenvalue weighted by atomic mass is 9.89. The van der Waals surface area contributed by atoms with E-state index in [2.05, 4.69) is 10.6 Å². The summed E-state index contributed by atoms with van der Waals surface area (Å²) in [6.07, 6.45) is 0. The zero-order valence-electron chi connectivity index (χ0n) is 37.8. The fourth-order valence-electron chi connectivity index (χ4n) is 8.58. The molecule has 70 heavy (non-hydrogen) atoms. The molecule has 0 atom stereocenters. The van der Waals surface area contributed by atoms with Gasteiger partial charge in [0.1, 0.15) is 42.5 Å². The van der Waals surface area contributed by atoms with Crippen molar-refractivity contribution >= 4 is 74.6 Å². The van der Waals surface area contributed by atoms with Crippen LogP contribution in [0.2, 0.25) is 10.0 Å². The Morgan fingerprint density at radius 3 is 2.06 bits per heavy atom. The molecule has 14 nitrogen and oxygen atoms in total. The summed E-state index contributed by atoms with van der Waals surface area (Å²) in [6.45, 7) is -0.248. The number of rotatable bonds is 11. The van der Waals surface area contributed by atoms with Gasteiger partial charge in [-0.3, -0.25) is 14.4 Å². The predicted octanol–water partition coefficient (Wildman–Crippen LogP) is 9.45. The fraction of sp³-hybridized carbons (Fsp3) is 0.111. The Balaban J connectivity index is 0.970. The molecule has 5 aromatic carbocycles. The van der Waals surface area contributed by atoms with Gasteiger partial charge >= 0.3 is 11.9 Å². The number of halogens is 2. The van der Waals surface area contributed by atoms with Crippen LogP contribution in [0, 0.1) is 0 Å². The number of hydrogen-bond donors (Lipinski definition) is 5. The maximum absolute atomic E-state index is 13.8. The van der Waals surface area contributed by atoms with Gasteiger partial charge in [0.25, 0.3) is 11.8 Å². The molecule has 9 rings (SSSR count). The summed E-state index contributed by atoms with van der Waals surface area (Å²) in [5, 5.41) is 38.9. The molecular formula is C54H41Cl2N4O10+. The molecule has 0 radical (unpaired) electrons. The molecule has 5 aromatic rings. The van der Waals surface area contributed by atoms with Gasteiger partial charge in [-0.2, -0.15) is 0 Å². The number of phenols is 1. The van der Waals surface area contributed by atoms with E-state index in [1.165, 1.54) is 30.3 Å². The number of carboxylic acids is 2. The lowest BCUT2D eigenvalue weighted by molar-refractivity contribution is 0.0687. The number of amides is 2. The van der Waals surface area contributed by atoms with Crippen LogP contribution >= 0.6 is 23.2 Å². The normalized spacial score (nSPS) is 11.3. The van der Waals surface area contributed by atoms with E-state index in [4.69, 9.17) is 32.0 Å². The van der Waals surface area contributed by atoms with Crippen molar-refractivity contribution in [1.82, 2.24) is 15.2 Å². The van der Waals surface area contributed by atoms with Gasteiger partial charge in [0.15, 0.2) is 5.43 Å². The molecule has 0 aromatic heterocycles. The van der Waals surface area contributed by atoms with E-state index in [0.717, 1.165) is 11.0 Å². The van der Waals surface area contributed by atoms with E-state index in [1.807, 2.05) is 74.1 Å². The number of phenolic OH excluding ortho intramolecular Hbond substituents is 1. The van der Waals surface area contributed by atoms with Gasteiger partial charge in [-0.25, -0.2) is 14.2 Å². The van der Waals surface area contributed by atoms with Gasteiger partial charge in [0, 0.05) is 88.7 Å². The maximum atomic E-state index is 13.8. The van der Waals surface area contributed by atoms with E-state index in [0.29, 0.717) is 55.5 Å². The van der Waals surface area contributed by atoms with Crippen molar-refractivity contribution in [2.24, 2.45) is 0 Å². The largest absolute Gasteiger partial charge is 0.507 e. The molecule has 0 saturated carbocycles. The Kier molecular flexibility index (Phi) is 12.4. The zero-order chi connectivity index (χ0) is 49.7. The van der Waals surface area contributed by atoms with E-state index < -0.39 is 23.8 Å². The van der Waals surface area contributed by atoms with E-state index >= 15 is 0 Å². The molecule has 0 bridgehead atoms. The van der Waals surface area contributed by atoms with Crippen molar-refractivity contribution < 1.29 is 43.3 Å². The SMILES string of the molecule is CN(C)c1ccc2c(-c3c(Cl)cc(C(=O)NCc4ccc(C(=O)NCc5c(O)ccc6c(-c7ccccc7C(=O)O)c7ccc(=O)cc-7oc56)cc4)c(Cl)c3C(=O)O)c3ccc(=[N+](C)C)cc-3oc2c1. The lowest BCUT2D eigenvalue weighted by Crippen LogP contribution is -2.25. The number of carboxylic acid groups (broad SMARTS) is 2. The van der Waals surface area contributed by atoms with Crippen LogP contribution in [0.25, 0.3) is 66.8 Å². The van der Waals surface area contributed by atoms with Crippen molar-refractivity contribution in [3.8, 4) is 50.7 Å². The summed E-state index contributed by atoms with van der Waals surface area (Å²) >= 11 is 13.9. The van der Waals surface area contributed by atoms with Gasteiger partial charge in [-0.15, -0.1) is 0 Å². The lowest BCUT2D eigenvalue weighted by Gasteiger charge is -2.21. The van der Waals surface area contributed by atoms with E-state index in [9.17, 15) is 39.3 Å². The second-order valence-electron chi connectivity index (χ2n) is 16.9. The van der Waals surface area contributed by atoms with E-state index in [-0.39, 0.29) is 79.0 Å². The third-order valence-electron chi connectivity index (χ3n) is 12.1. The number of nitrogens with one attached hydrogen (secondary N) is 2. The molecule has 0 unspecified atom stereocenters.